The van der Waals surface area contributed by atoms with E-state index in [4.69, 9.17) is 5.73 Å². The number of rotatable bonds is 9. The van der Waals surface area contributed by atoms with Gasteiger partial charge in [-0.2, -0.15) is 0 Å². The molecule has 0 fully saturated rings. The van der Waals surface area contributed by atoms with E-state index in [0.29, 0.717) is 18.5 Å². The van der Waals surface area contributed by atoms with Crippen LogP contribution in [0.4, 0.5) is 5.69 Å². The largest absolute Gasteiger partial charge is 0.350 e. The third kappa shape index (κ3) is 5.84. The molecule has 1 amide bonds. The van der Waals surface area contributed by atoms with Gasteiger partial charge in [-0.25, -0.2) is 8.42 Å². The first kappa shape index (κ1) is 19.4. The molecule has 0 aromatic heterocycles. The molecule has 0 saturated carbocycles. The van der Waals surface area contributed by atoms with E-state index in [9.17, 15) is 13.2 Å². The van der Waals surface area contributed by atoms with Crippen molar-refractivity contribution in [3.63, 3.8) is 0 Å². The second-order valence-electron chi connectivity index (χ2n) is 5.72. The quantitative estimate of drug-likeness (QED) is 0.640. The van der Waals surface area contributed by atoms with Gasteiger partial charge in [-0.3, -0.25) is 9.52 Å². The molecule has 0 spiro atoms. The minimum atomic E-state index is -3.45. The monoisotopic (exact) mass is 341 g/mol. The molecule has 0 saturated heterocycles. The van der Waals surface area contributed by atoms with Gasteiger partial charge in [-0.1, -0.05) is 32.9 Å². The zero-order valence-corrected chi connectivity index (χ0v) is 14.9. The molecule has 23 heavy (non-hydrogen) atoms. The molecule has 0 radical (unpaired) electrons. The van der Waals surface area contributed by atoms with Crippen molar-refractivity contribution < 1.29 is 13.2 Å². The summed E-state index contributed by atoms with van der Waals surface area (Å²) >= 11 is 0. The van der Waals surface area contributed by atoms with Gasteiger partial charge in [0.15, 0.2) is 0 Å². The van der Waals surface area contributed by atoms with Gasteiger partial charge in [0.2, 0.25) is 10.0 Å². The van der Waals surface area contributed by atoms with Gasteiger partial charge in [0.25, 0.3) is 5.91 Å². The van der Waals surface area contributed by atoms with Crippen molar-refractivity contribution in [2.45, 2.75) is 45.6 Å². The number of amides is 1. The Hall–Kier alpha value is -1.60. The highest BCUT2D eigenvalue weighted by molar-refractivity contribution is 7.92. The Morgan fingerprint density at radius 2 is 1.78 bits per heavy atom. The van der Waals surface area contributed by atoms with Crippen molar-refractivity contribution in [2.24, 2.45) is 5.73 Å². The number of carbonyl (C=O) groups is 1. The van der Waals surface area contributed by atoms with Crippen LogP contribution in [-0.4, -0.2) is 32.2 Å². The Kier molecular flexibility index (Phi) is 7.02. The van der Waals surface area contributed by atoms with Crippen LogP contribution in [0.3, 0.4) is 0 Å². The van der Waals surface area contributed by atoms with E-state index in [-0.39, 0.29) is 17.3 Å². The lowest BCUT2D eigenvalue weighted by Gasteiger charge is -2.27. The van der Waals surface area contributed by atoms with E-state index in [0.717, 1.165) is 12.8 Å². The van der Waals surface area contributed by atoms with E-state index < -0.39 is 15.6 Å². The maximum atomic E-state index is 12.4. The minimum absolute atomic E-state index is 0.0144. The number of benzene rings is 1. The van der Waals surface area contributed by atoms with Crippen LogP contribution in [0.2, 0.25) is 0 Å². The van der Waals surface area contributed by atoms with Crippen molar-refractivity contribution in [2.75, 3.05) is 17.0 Å². The summed E-state index contributed by atoms with van der Waals surface area (Å²) in [4.78, 5) is 12.4. The molecule has 1 aromatic rings. The molecule has 6 nitrogen and oxygen atoms in total. The van der Waals surface area contributed by atoms with Gasteiger partial charge in [0.05, 0.1) is 17.0 Å². The van der Waals surface area contributed by atoms with Crippen molar-refractivity contribution in [3.8, 4) is 0 Å². The summed E-state index contributed by atoms with van der Waals surface area (Å²) in [7, 11) is -3.45. The van der Waals surface area contributed by atoms with Crippen LogP contribution in [0.15, 0.2) is 24.3 Å². The van der Waals surface area contributed by atoms with Crippen LogP contribution in [0.25, 0.3) is 0 Å². The molecule has 0 atom stereocenters. The summed E-state index contributed by atoms with van der Waals surface area (Å²) < 4.78 is 26.3. The molecule has 0 heterocycles. The van der Waals surface area contributed by atoms with Gasteiger partial charge in [-0.05, 0) is 31.4 Å². The van der Waals surface area contributed by atoms with Gasteiger partial charge >= 0.3 is 0 Å². The molecular weight excluding hydrogens is 314 g/mol. The maximum absolute atomic E-state index is 12.4. The number of hydrogen-bond donors (Lipinski definition) is 3. The van der Waals surface area contributed by atoms with Gasteiger partial charge in [0.1, 0.15) is 0 Å². The Morgan fingerprint density at radius 3 is 2.35 bits per heavy atom. The smallest absolute Gasteiger partial charge is 0.253 e. The standard InChI is InChI=1S/C16H27N3O3S/c1-4-11-23(21,22)19-14-10-8-7-9-13(14)15(20)18-12-16(17,5-2)6-3/h7-10,19H,4-6,11-12,17H2,1-3H3,(H,18,20). The molecule has 0 aliphatic carbocycles. The van der Waals surface area contributed by atoms with E-state index in [1.54, 1.807) is 31.2 Å². The molecule has 0 aliphatic heterocycles. The zero-order valence-electron chi connectivity index (χ0n) is 14.1. The van der Waals surface area contributed by atoms with E-state index >= 15 is 0 Å². The molecular formula is C16H27N3O3S. The summed E-state index contributed by atoms with van der Waals surface area (Å²) in [6.07, 6.45) is 2.00. The van der Waals surface area contributed by atoms with Crippen LogP contribution in [0.5, 0.6) is 0 Å². The molecule has 1 rings (SSSR count). The second-order valence-corrected chi connectivity index (χ2v) is 7.56. The third-order valence-electron chi connectivity index (χ3n) is 3.92. The van der Waals surface area contributed by atoms with Gasteiger partial charge in [-0.15, -0.1) is 0 Å². The average Bonchev–Trinajstić information content (AvgIpc) is 2.52. The number of nitrogens with one attached hydrogen (secondary N) is 2. The topological polar surface area (TPSA) is 101 Å². The maximum Gasteiger partial charge on any atom is 0.253 e. The fourth-order valence-electron chi connectivity index (χ4n) is 2.11. The molecule has 4 N–H and O–H groups in total. The molecule has 130 valence electrons. The van der Waals surface area contributed by atoms with Crippen LogP contribution >= 0.6 is 0 Å². The van der Waals surface area contributed by atoms with Crippen LogP contribution in [-0.2, 0) is 10.0 Å². The van der Waals surface area contributed by atoms with E-state index in [1.807, 2.05) is 13.8 Å². The number of sulfonamides is 1. The SMILES string of the molecule is CCCS(=O)(=O)Nc1ccccc1C(=O)NCC(N)(CC)CC. The summed E-state index contributed by atoms with van der Waals surface area (Å²) in [5.74, 6) is -0.322. The summed E-state index contributed by atoms with van der Waals surface area (Å²) in [5, 5.41) is 2.80. The Morgan fingerprint density at radius 1 is 1.17 bits per heavy atom. The van der Waals surface area contributed by atoms with Crippen LogP contribution in [0, 0.1) is 0 Å². The second kappa shape index (κ2) is 8.31. The third-order valence-corrected chi connectivity index (χ3v) is 5.40. The number of anilines is 1. The predicted molar refractivity (Wildman–Crippen MR) is 94.0 cm³/mol. The lowest BCUT2D eigenvalue weighted by Crippen LogP contribution is -2.49. The van der Waals surface area contributed by atoms with Crippen molar-refractivity contribution in [1.29, 1.82) is 0 Å². The normalized spacial score (nSPS) is 12.0. The number of para-hydroxylation sites is 1. The van der Waals surface area contributed by atoms with Gasteiger partial charge in [0, 0.05) is 12.1 Å². The summed E-state index contributed by atoms with van der Waals surface area (Å²) in [5.41, 5.74) is 6.30. The lowest BCUT2D eigenvalue weighted by molar-refractivity contribution is 0.0943. The molecule has 0 bridgehead atoms. The first-order valence-corrected chi connectivity index (χ1v) is 9.58. The molecule has 7 heteroatoms. The highest BCUT2D eigenvalue weighted by atomic mass is 32.2. The summed E-state index contributed by atoms with van der Waals surface area (Å²) in [6.45, 7) is 6.08. The molecule has 1 aromatic carbocycles. The zero-order chi connectivity index (χ0) is 17.5. The first-order valence-electron chi connectivity index (χ1n) is 7.93. The highest BCUT2D eigenvalue weighted by Gasteiger charge is 2.22. The Labute approximate surface area is 138 Å². The first-order chi connectivity index (χ1) is 10.8. The van der Waals surface area contributed by atoms with E-state index in [1.165, 1.54) is 0 Å². The highest BCUT2D eigenvalue weighted by Crippen LogP contribution is 2.17. The fourth-order valence-corrected chi connectivity index (χ4v) is 3.26. The molecule has 0 aliphatic rings. The number of carbonyl (C=O) groups excluding carboxylic acids is 1. The van der Waals surface area contributed by atoms with Crippen LogP contribution in [0.1, 0.15) is 50.4 Å². The number of nitrogens with two attached hydrogens (primary N) is 1. The predicted octanol–water partition coefficient (Wildman–Crippen LogP) is 2.09. The fraction of sp³-hybridized carbons (Fsp3) is 0.562. The summed E-state index contributed by atoms with van der Waals surface area (Å²) in [6, 6.07) is 6.56. The van der Waals surface area contributed by atoms with Crippen molar-refractivity contribution >= 4 is 21.6 Å². The number of hydrogen-bond acceptors (Lipinski definition) is 4. The minimum Gasteiger partial charge on any atom is -0.350 e. The average molecular weight is 341 g/mol. The molecule has 0 unspecified atom stereocenters. The Bertz CT molecular complexity index is 625. The van der Waals surface area contributed by atoms with Crippen molar-refractivity contribution in [1.82, 2.24) is 5.32 Å². The Balaban J connectivity index is 2.90. The van der Waals surface area contributed by atoms with Crippen LogP contribution < -0.4 is 15.8 Å². The van der Waals surface area contributed by atoms with E-state index in [2.05, 4.69) is 10.0 Å². The van der Waals surface area contributed by atoms with Gasteiger partial charge < -0.3 is 11.1 Å². The lowest BCUT2D eigenvalue weighted by atomic mass is 9.94. The van der Waals surface area contributed by atoms with Crippen molar-refractivity contribution in [3.05, 3.63) is 29.8 Å².